The molecule has 4 aromatic rings. The molecule has 0 radical (unpaired) electrons. The van der Waals surface area contributed by atoms with E-state index in [1.54, 1.807) is 36.8 Å². The van der Waals surface area contributed by atoms with E-state index in [1.807, 2.05) is 11.3 Å². The lowest BCUT2D eigenvalue weighted by Crippen LogP contribution is -1.98. The Morgan fingerprint density at radius 1 is 1.22 bits per heavy atom. The fraction of sp³-hybridized carbons (Fsp3) is 0.0556. The summed E-state index contributed by atoms with van der Waals surface area (Å²) in [6, 6.07) is 7.93. The third kappa shape index (κ3) is 3.13. The number of carbonyl (C=O) groups is 1. The molecule has 3 N–H and O–H groups in total. The summed E-state index contributed by atoms with van der Waals surface area (Å²) in [4.78, 5) is 27.9. The van der Waals surface area contributed by atoms with Gasteiger partial charge in [-0.15, -0.1) is 0 Å². The Labute approximate surface area is 153 Å². The fourth-order valence-electron chi connectivity index (χ4n) is 2.67. The molecule has 0 atom stereocenters. The van der Waals surface area contributed by atoms with E-state index in [0.29, 0.717) is 28.7 Å². The standard InChI is InChI=1S/C18H14N6O3/c1-10-16(13-5-6-20-18(19)22-13)23-14-8-21-15(9-24(10)14)27-12-4-2-3-11(7-12)17(25)26/h2-9H,1H3,(H,25,26)(H2,19,20,22). The number of imidazole rings is 1. The second-order valence-corrected chi connectivity index (χ2v) is 5.73. The van der Waals surface area contributed by atoms with Crippen LogP contribution in [0.5, 0.6) is 11.6 Å². The molecule has 0 unspecified atom stereocenters. The number of nitrogens with two attached hydrogens (primary N) is 1. The monoisotopic (exact) mass is 362 g/mol. The third-order valence-electron chi connectivity index (χ3n) is 3.94. The number of aromatic carboxylic acids is 1. The molecular formula is C18H14N6O3. The number of rotatable bonds is 4. The topological polar surface area (TPSA) is 129 Å². The SMILES string of the molecule is Cc1c(-c2ccnc(N)n2)nc2cnc(Oc3cccc(C(=O)O)c3)cn12. The summed E-state index contributed by atoms with van der Waals surface area (Å²) in [5, 5.41) is 9.08. The molecule has 0 saturated carbocycles. The first kappa shape index (κ1) is 16.5. The summed E-state index contributed by atoms with van der Waals surface area (Å²) in [6.45, 7) is 1.89. The van der Waals surface area contributed by atoms with Gasteiger partial charge in [0.15, 0.2) is 5.65 Å². The van der Waals surface area contributed by atoms with Crippen molar-refractivity contribution in [1.82, 2.24) is 24.3 Å². The summed E-state index contributed by atoms with van der Waals surface area (Å²) in [6.07, 6.45) is 4.82. The van der Waals surface area contributed by atoms with Gasteiger partial charge in [-0.25, -0.2) is 24.7 Å². The van der Waals surface area contributed by atoms with E-state index >= 15 is 0 Å². The highest BCUT2D eigenvalue weighted by Gasteiger charge is 2.14. The number of nitrogen functional groups attached to an aromatic ring is 1. The lowest BCUT2D eigenvalue weighted by molar-refractivity contribution is 0.0696. The van der Waals surface area contributed by atoms with E-state index in [9.17, 15) is 4.79 Å². The molecule has 9 heteroatoms. The molecule has 0 amide bonds. The molecular weight excluding hydrogens is 348 g/mol. The maximum absolute atomic E-state index is 11.1. The zero-order chi connectivity index (χ0) is 19.0. The average Bonchev–Trinajstić information content (AvgIpc) is 2.98. The molecule has 0 aliphatic rings. The predicted molar refractivity (Wildman–Crippen MR) is 96.6 cm³/mol. The zero-order valence-corrected chi connectivity index (χ0v) is 14.2. The molecule has 0 fully saturated rings. The van der Waals surface area contributed by atoms with Gasteiger partial charge in [-0.2, -0.15) is 0 Å². The van der Waals surface area contributed by atoms with E-state index < -0.39 is 5.97 Å². The molecule has 1 aromatic carbocycles. The van der Waals surface area contributed by atoms with Crippen LogP contribution >= 0.6 is 0 Å². The van der Waals surface area contributed by atoms with Crippen molar-refractivity contribution in [2.45, 2.75) is 6.92 Å². The van der Waals surface area contributed by atoms with Crippen LogP contribution in [0.4, 0.5) is 5.95 Å². The summed E-state index contributed by atoms with van der Waals surface area (Å²) in [7, 11) is 0. The number of fused-ring (bicyclic) bond motifs is 1. The van der Waals surface area contributed by atoms with Crippen molar-refractivity contribution < 1.29 is 14.6 Å². The van der Waals surface area contributed by atoms with Gasteiger partial charge in [-0.05, 0) is 31.2 Å². The highest BCUT2D eigenvalue weighted by atomic mass is 16.5. The highest BCUT2D eigenvalue weighted by molar-refractivity contribution is 5.88. The minimum absolute atomic E-state index is 0.135. The second-order valence-electron chi connectivity index (χ2n) is 5.73. The number of ether oxygens (including phenoxy) is 1. The third-order valence-corrected chi connectivity index (χ3v) is 3.94. The number of carboxylic acids is 1. The van der Waals surface area contributed by atoms with E-state index in [4.69, 9.17) is 15.6 Å². The van der Waals surface area contributed by atoms with Crippen LogP contribution < -0.4 is 10.5 Å². The zero-order valence-electron chi connectivity index (χ0n) is 14.2. The maximum Gasteiger partial charge on any atom is 0.335 e. The van der Waals surface area contributed by atoms with Crippen LogP contribution in [-0.4, -0.2) is 35.4 Å². The Morgan fingerprint density at radius 3 is 2.85 bits per heavy atom. The van der Waals surface area contributed by atoms with Crippen LogP contribution in [0.3, 0.4) is 0 Å². The number of aromatic nitrogens is 5. The van der Waals surface area contributed by atoms with Crippen LogP contribution in [0, 0.1) is 6.92 Å². The van der Waals surface area contributed by atoms with Gasteiger partial charge in [0, 0.05) is 11.9 Å². The summed E-state index contributed by atoms with van der Waals surface area (Å²) >= 11 is 0. The first-order chi connectivity index (χ1) is 13.0. The van der Waals surface area contributed by atoms with E-state index in [1.165, 1.54) is 12.1 Å². The van der Waals surface area contributed by atoms with E-state index in [2.05, 4.69) is 19.9 Å². The number of hydrogen-bond donors (Lipinski definition) is 2. The molecule has 4 rings (SSSR count). The molecule has 0 saturated heterocycles. The molecule has 9 nitrogen and oxygen atoms in total. The van der Waals surface area contributed by atoms with Crippen LogP contribution in [0.1, 0.15) is 16.1 Å². The van der Waals surface area contributed by atoms with Gasteiger partial charge in [-0.3, -0.25) is 4.40 Å². The number of aryl methyl sites for hydroxylation is 1. The van der Waals surface area contributed by atoms with Gasteiger partial charge in [0.1, 0.15) is 11.4 Å². The molecule has 3 aromatic heterocycles. The van der Waals surface area contributed by atoms with Gasteiger partial charge in [0.05, 0.1) is 23.7 Å². The lowest BCUT2D eigenvalue weighted by atomic mass is 10.2. The Bertz CT molecular complexity index is 1170. The lowest BCUT2D eigenvalue weighted by Gasteiger charge is -2.06. The van der Waals surface area contributed by atoms with Crippen LogP contribution in [0.15, 0.2) is 48.9 Å². The Balaban J connectivity index is 1.71. The van der Waals surface area contributed by atoms with Gasteiger partial charge in [-0.1, -0.05) is 6.07 Å². The van der Waals surface area contributed by atoms with Crippen molar-refractivity contribution in [2.24, 2.45) is 0 Å². The predicted octanol–water partition coefficient (Wildman–Crippen LogP) is 2.57. The fourth-order valence-corrected chi connectivity index (χ4v) is 2.67. The Kier molecular flexibility index (Phi) is 3.88. The van der Waals surface area contributed by atoms with Crippen molar-refractivity contribution in [1.29, 1.82) is 0 Å². The molecule has 0 spiro atoms. The molecule has 27 heavy (non-hydrogen) atoms. The smallest absolute Gasteiger partial charge is 0.335 e. The van der Waals surface area contributed by atoms with Gasteiger partial charge < -0.3 is 15.6 Å². The molecule has 0 aliphatic carbocycles. The first-order valence-electron chi connectivity index (χ1n) is 7.96. The van der Waals surface area contributed by atoms with Crippen molar-refractivity contribution >= 4 is 17.6 Å². The van der Waals surface area contributed by atoms with Crippen molar-refractivity contribution in [3.8, 4) is 23.0 Å². The molecule has 3 heterocycles. The van der Waals surface area contributed by atoms with Crippen LogP contribution in [0.25, 0.3) is 17.0 Å². The summed E-state index contributed by atoms with van der Waals surface area (Å²) in [5.41, 5.74) is 8.51. The summed E-state index contributed by atoms with van der Waals surface area (Å²) < 4.78 is 7.51. The van der Waals surface area contributed by atoms with Gasteiger partial charge >= 0.3 is 5.97 Å². The van der Waals surface area contributed by atoms with Gasteiger partial charge in [0.25, 0.3) is 0 Å². The highest BCUT2D eigenvalue weighted by Crippen LogP contribution is 2.25. The number of anilines is 1. The molecule has 0 bridgehead atoms. The van der Waals surface area contributed by atoms with E-state index in [0.717, 1.165) is 5.69 Å². The quantitative estimate of drug-likeness (QED) is 0.567. The number of hydrogen-bond acceptors (Lipinski definition) is 7. The van der Waals surface area contributed by atoms with Crippen LogP contribution in [0.2, 0.25) is 0 Å². The van der Waals surface area contributed by atoms with Crippen LogP contribution in [-0.2, 0) is 0 Å². The minimum atomic E-state index is -1.02. The van der Waals surface area contributed by atoms with Crippen molar-refractivity contribution in [3.63, 3.8) is 0 Å². The second kappa shape index (κ2) is 6.37. The van der Waals surface area contributed by atoms with Crippen molar-refractivity contribution in [2.75, 3.05) is 5.73 Å². The average molecular weight is 362 g/mol. The maximum atomic E-state index is 11.1. The minimum Gasteiger partial charge on any atom is -0.478 e. The molecule has 134 valence electrons. The van der Waals surface area contributed by atoms with Gasteiger partial charge in [0.2, 0.25) is 11.8 Å². The number of carboxylic acid groups (broad SMARTS) is 1. The number of nitrogens with zero attached hydrogens (tertiary/aromatic N) is 5. The summed E-state index contributed by atoms with van der Waals surface area (Å²) in [5.74, 6) is -0.171. The number of benzene rings is 1. The largest absolute Gasteiger partial charge is 0.478 e. The Hall–Kier alpha value is -4.01. The van der Waals surface area contributed by atoms with E-state index in [-0.39, 0.29) is 11.5 Å². The van der Waals surface area contributed by atoms with Crippen molar-refractivity contribution in [3.05, 3.63) is 60.2 Å². The Morgan fingerprint density at radius 2 is 2.07 bits per heavy atom. The molecule has 0 aliphatic heterocycles. The first-order valence-corrected chi connectivity index (χ1v) is 7.96. The normalized spacial score (nSPS) is 10.9.